The first-order valence-corrected chi connectivity index (χ1v) is 6.52. The van der Waals surface area contributed by atoms with Gasteiger partial charge in [0.2, 0.25) is 0 Å². The van der Waals surface area contributed by atoms with E-state index in [9.17, 15) is 0 Å². The largest absolute Gasteiger partial charge is 0.0312 e. The van der Waals surface area contributed by atoms with E-state index < -0.39 is 0 Å². The molecule has 2 saturated carbocycles. The molecule has 1 aromatic rings. The van der Waals surface area contributed by atoms with E-state index in [0.717, 1.165) is 0 Å². The van der Waals surface area contributed by atoms with Crippen LogP contribution in [0.1, 0.15) is 0 Å². The van der Waals surface area contributed by atoms with Gasteiger partial charge in [-0.05, 0) is 69.5 Å². The molecule has 3 rings (SSSR count). The molecule has 0 N–H and O–H groups in total. The Labute approximate surface area is 149 Å². The Hall–Kier alpha value is -0.351. The van der Waals surface area contributed by atoms with Crippen molar-refractivity contribution in [3.05, 3.63) is 108 Å². The average Bonchev–Trinajstić information content (AvgIpc) is 3.30. The van der Waals surface area contributed by atoms with E-state index in [0.29, 0.717) is 0 Å². The van der Waals surface area contributed by atoms with Crippen molar-refractivity contribution < 1.29 is 26.4 Å². The van der Waals surface area contributed by atoms with Gasteiger partial charge in [0, 0.05) is 17.1 Å². The van der Waals surface area contributed by atoms with Crippen LogP contribution < -0.4 is 5.30 Å². The van der Waals surface area contributed by atoms with Crippen LogP contribution in [-0.2, 0) is 26.4 Å². The SMILES string of the molecule is Pc1ccccc1.[C-]#[O+].[C-]#[O+].[CH]1[CH][CH][CH][CH]1.[CH]1[CH][CH][CH][CH]1.[Mn]. The second kappa shape index (κ2) is 25.6. The topological polar surface area (TPSA) is 39.8 Å². The molecule has 0 aromatic heterocycles. The third-order valence-corrected chi connectivity index (χ3v) is 2.30. The monoisotopic (exact) mass is 351 g/mol. The molecule has 0 aliphatic heterocycles. The minimum atomic E-state index is 0. The minimum Gasteiger partial charge on any atom is -0.0312 e. The molecule has 1 aromatic carbocycles. The van der Waals surface area contributed by atoms with E-state index >= 15 is 0 Å². The van der Waals surface area contributed by atoms with Gasteiger partial charge in [0.15, 0.2) is 0 Å². The maximum Gasteiger partial charge on any atom is 0 e. The summed E-state index contributed by atoms with van der Waals surface area (Å²) in [6.45, 7) is 9.00. The van der Waals surface area contributed by atoms with Crippen LogP contribution in [0.3, 0.4) is 0 Å². The Kier molecular flexibility index (Phi) is 30.9. The molecule has 0 amide bonds. The molecule has 0 bridgehead atoms. The summed E-state index contributed by atoms with van der Waals surface area (Å²) >= 11 is 0. The third kappa shape index (κ3) is 21.9. The Morgan fingerprint density at radius 3 is 0.909 bits per heavy atom. The summed E-state index contributed by atoms with van der Waals surface area (Å²) < 4.78 is 15.0. The van der Waals surface area contributed by atoms with Crippen LogP contribution in [-0.4, -0.2) is 0 Å². The van der Waals surface area contributed by atoms with E-state index in [4.69, 9.17) is 9.30 Å². The molecule has 2 nitrogen and oxygen atoms in total. The van der Waals surface area contributed by atoms with Gasteiger partial charge in [-0.15, -0.1) is 9.24 Å². The van der Waals surface area contributed by atoms with E-state index in [1.54, 1.807) is 0 Å². The molecule has 2 aliphatic rings. The molecule has 0 spiro atoms. The van der Waals surface area contributed by atoms with Crippen LogP contribution in [0.4, 0.5) is 0 Å². The van der Waals surface area contributed by atoms with Crippen molar-refractivity contribution in [3.8, 4) is 0 Å². The van der Waals surface area contributed by atoms with Gasteiger partial charge in [-0.3, -0.25) is 0 Å². The molecule has 11 radical (unpaired) electrons. The van der Waals surface area contributed by atoms with Crippen LogP contribution in [0, 0.1) is 77.5 Å². The molecule has 1 unspecified atom stereocenters. The van der Waals surface area contributed by atoms with Gasteiger partial charge in [0.05, 0.1) is 0 Å². The van der Waals surface area contributed by atoms with Crippen LogP contribution in [0.5, 0.6) is 0 Å². The van der Waals surface area contributed by atoms with Crippen LogP contribution >= 0.6 is 9.24 Å². The molecule has 0 heterocycles. The number of rotatable bonds is 0. The maximum absolute atomic E-state index is 7.50. The molecule has 0 saturated heterocycles. The molecular formula is C18H17MnO2P. The normalized spacial score (nSPS) is 13.9. The summed E-state index contributed by atoms with van der Waals surface area (Å²) in [5, 5.41) is 1.24. The van der Waals surface area contributed by atoms with Gasteiger partial charge < -0.3 is 0 Å². The van der Waals surface area contributed by atoms with Crippen molar-refractivity contribution in [2.45, 2.75) is 0 Å². The second-order valence-electron chi connectivity index (χ2n) is 3.34. The molecule has 2 aliphatic carbocycles. The first-order valence-electron chi connectivity index (χ1n) is 5.94. The van der Waals surface area contributed by atoms with Crippen LogP contribution in [0.2, 0.25) is 0 Å². The van der Waals surface area contributed by atoms with Gasteiger partial charge in [-0.2, -0.15) is 0 Å². The van der Waals surface area contributed by atoms with E-state index in [-0.39, 0.29) is 17.1 Å². The van der Waals surface area contributed by atoms with Crippen molar-refractivity contribution in [1.82, 2.24) is 0 Å². The summed E-state index contributed by atoms with van der Waals surface area (Å²) in [7, 11) is 2.63. The van der Waals surface area contributed by atoms with Gasteiger partial charge in [0.25, 0.3) is 0 Å². The molecule has 113 valence electrons. The predicted octanol–water partition coefficient (Wildman–Crippen LogP) is 3.15. The Bertz CT molecular complexity index is 299. The van der Waals surface area contributed by atoms with Gasteiger partial charge >= 0.3 is 22.6 Å². The quantitative estimate of drug-likeness (QED) is 0.298. The summed E-state index contributed by atoms with van der Waals surface area (Å²) in [4.78, 5) is 0. The smallest absolute Gasteiger partial charge is 0 e. The standard InChI is InChI=1S/C6H7P.2C5H5.2CO.Mn/c7-6-4-2-1-3-5-6;2*1-2-4-5-3-1;2*1-2;/h1-5H,7H2;2*1-5H;;;. The van der Waals surface area contributed by atoms with Crippen molar-refractivity contribution in [3.63, 3.8) is 0 Å². The van der Waals surface area contributed by atoms with Gasteiger partial charge in [0.1, 0.15) is 0 Å². The fraction of sp³-hybridized carbons (Fsp3) is 0. The second-order valence-corrected chi connectivity index (χ2v) is 4.00. The van der Waals surface area contributed by atoms with Crippen molar-refractivity contribution >= 4 is 14.5 Å². The minimum absolute atomic E-state index is 0. The van der Waals surface area contributed by atoms with E-state index in [1.165, 1.54) is 5.30 Å². The molecule has 1 atom stereocenters. The summed E-state index contributed by atoms with van der Waals surface area (Å²) in [5.74, 6) is 0. The number of hydrogen-bond acceptors (Lipinski definition) is 0. The van der Waals surface area contributed by atoms with Gasteiger partial charge in [-0.1, -0.05) is 30.3 Å². The Morgan fingerprint density at radius 1 is 0.545 bits per heavy atom. The summed E-state index contributed by atoms with van der Waals surface area (Å²) in [6.07, 6.45) is 20.0. The van der Waals surface area contributed by atoms with Crippen LogP contribution in [0.15, 0.2) is 30.3 Å². The summed E-state index contributed by atoms with van der Waals surface area (Å²) in [5.41, 5.74) is 0. The first kappa shape index (κ1) is 26.5. The maximum atomic E-state index is 7.50. The Balaban J connectivity index is -0.000000219. The van der Waals surface area contributed by atoms with E-state index in [2.05, 4.69) is 22.5 Å². The zero-order valence-corrected chi connectivity index (χ0v) is 14.3. The average molecular weight is 351 g/mol. The zero-order valence-electron chi connectivity index (χ0n) is 11.9. The molecule has 2 fully saturated rings. The fourth-order valence-electron chi connectivity index (χ4n) is 1.09. The van der Waals surface area contributed by atoms with Crippen LogP contribution in [0.25, 0.3) is 0 Å². The molecule has 4 heteroatoms. The number of hydrogen-bond donors (Lipinski definition) is 0. The third-order valence-electron chi connectivity index (χ3n) is 1.91. The van der Waals surface area contributed by atoms with E-state index in [1.807, 2.05) is 94.5 Å². The molecular weight excluding hydrogens is 334 g/mol. The predicted molar refractivity (Wildman–Crippen MR) is 86.6 cm³/mol. The number of benzene rings is 1. The molecule has 22 heavy (non-hydrogen) atoms. The van der Waals surface area contributed by atoms with Crippen molar-refractivity contribution in [2.75, 3.05) is 0 Å². The van der Waals surface area contributed by atoms with Gasteiger partial charge in [-0.25, -0.2) is 0 Å². The first-order chi connectivity index (χ1) is 10.4. The fourth-order valence-corrected chi connectivity index (χ4v) is 1.32. The van der Waals surface area contributed by atoms with Crippen molar-refractivity contribution in [2.24, 2.45) is 0 Å². The zero-order chi connectivity index (χ0) is 16.2. The summed E-state index contributed by atoms with van der Waals surface area (Å²) in [6, 6.07) is 10.1. The van der Waals surface area contributed by atoms with Crippen molar-refractivity contribution in [1.29, 1.82) is 0 Å². The Morgan fingerprint density at radius 2 is 0.773 bits per heavy atom.